The molecule has 1 fully saturated rings. The molecule has 8 heteroatoms. The summed E-state index contributed by atoms with van der Waals surface area (Å²) in [6.07, 6.45) is 1.70. The average molecular weight is 462 g/mol. The van der Waals surface area contributed by atoms with Crippen LogP contribution in [0.2, 0.25) is 0 Å². The predicted octanol–water partition coefficient (Wildman–Crippen LogP) is 2.60. The molecule has 0 unspecified atom stereocenters. The van der Waals surface area contributed by atoms with E-state index in [0.717, 1.165) is 50.6 Å². The molecule has 1 aromatic heterocycles. The molecule has 34 heavy (non-hydrogen) atoms. The number of rotatable bonds is 4. The van der Waals surface area contributed by atoms with E-state index in [4.69, 9.17) is 0 Å². The molecule has 2 aromatic rings. The molecule has 2 aliphatic heterocycles. The highest BCUT2D eigenvalue weighted by Crippen LogP contribution is 2.27. The minimum absolute atomic E-state index is 0.0130. The molecule has 0 bridgehead atoms. The van der Waals surface area contributed by atoms with Gasteiger partial charge in [-0.2, -0.15) is 5.26 Å². The Morgan fingerprint density at radius 2 is 1.76 bits per heavy atom. The number of hydrogen-bond acceptors (Lipinski definition) is 7. The lowest BCUT2D eigenvalue weighted by molar-refractivity contribution is 0.0751. The molecule has 0 spiro atoms. The molecule has 3 heterocycles. The zero-order valence-corrected chi connectivity index (χ0v) is 20.8. The van der Waals surface area contributed by atoms with E-state index in [2.05, 4.69) is 64.6 Å². The smallest absolute Gasteiger partial charge is 0.254 e. The van der Waals surface area contributed by atoms with E-state index in [1.165, 1.54) is 5.56 Å². The Morgan fingerprint density at radius 3 is 2.41 bits per heavy atom. The lowest BCUT2D eigenvalue weighted by Gasteiger charge is -2.32. The van der Waals surface area contributed by atoms with E-state index >= 15 is 0 Å². The van der Waals surface area contributed by atoms with E-state index < -0.39 is 0 Å². The maximum atomic E-state index is 13.4. The van der Waals surface area contributed by atoms with Gasteiger partial charge in [0, 0.05) is 69.7 Å². The highest BCUT2D eigenvalue weighted by Gasteiger charge is 2.28. The van der Waals surface area contributed by atoms with Gasteiger partial charge in [0.05, 0.1) is 6.54 Å². The number of carbonyl (C=O) groups excluding carboxylic acids is 1. The van der Waals surface area contributed by atoms with Crippen molar-refractivity contribution >= 4 is 11.7 Å². The zero-order valence-electron chi connectivity index (χ0n) is 20.8. The van der Waals surface area contributed by atoms with Crippen molar-refractivity contribution in [1.29, 1.82) is 5.26 Å². The van der Waals surface area contributed by atoms with Crippen molar-refractivity contribution in [2.75, 3.05) is 57.8 Å². The van der Waals surface area contributed by atoms with Gasteiger partial charge in [-0.3, -0.25) is 9.69 Å². The normalized spacial score (nSPS) is 17.7. The van der Waals surface area contributed by atoms with Crippen molar-refractivity contribution in [3.63, 3.8) is 0 Å². The second-order valence-corrected chi connectivity index (χ2v) is 10.6. The standard InChI is InChI=1S/C26H35N7O/c1-26(2,3)19-33-14-13-32(18-22-16-28-23(15-27)29-24(22)33)25(34)21-7-5-20(6-8-21)17-31-11-9-30(4)10-12-31/h5-8,16H,9-14,17-19H2,1-4H3. The SMILES string of the molecule is CN1CCN(Cc2ccc(C(=O)N3CCN(CC(C)(C)C)c4nc(C#N)ncc4C3)cc2)CC1. The zero-order chi connectivity index (χ0) is 24.3. The molecule has 0 atom stereocenters. The number of aromatic nitrogens is 2. The summed E-state index contributed by atoms with van der Waals surface area (Å²) in [4.78, 5) is 31.0. The second-order valence-electron chi connectivity index (χ2n) is 10.6. The highest BCUT2D eigenvalue weighted by molar-refractivity contribution is 5.94. The van der Waals surface area contributed by atoms with Gasteiger partial charge >= 0.3 is 0 Å². The predicted molar refractivity (Wildman–Crippen MR) is 132 cm³/mol. The number of hydrogen-bond donors (Lipinski definition) is 0. The van der Waals surface area contributed by atoms with Crippen LogP contribution in [0.15, 0.2) is 30.5 Å². The monoisotopic (exact) mass is 461 g/mol. The van der Waals surface area contributed by atoms with Crippen LogP contribution in [-0.4, -0.2) is 83.4 Å². The van der Waals surface area contributed by atoms with Gasteiger partial charge in [-0.15, -0.1) is 0 Å². The summed E-state index contributed by atoms with van der Waals surface area (Å²) >= 11 is 0. The fraction of sp³-hybridized carbons (Fsp3) is 0.538. The summed E-state index contributed by atoms with van der Waals surface area (Å²) in [6, 6.07) is 10.1. The van der Waals surface area contributed by atoms with Crippen molar-refractivity contribution < 1.29 is 4.79 Å². The van der Waals surface area contributed by atoms with Gasteiger partial charge in [-0.1, -0.05) is 32.9 Å². The van der Waals surface area contributed by atoms with Crippen molar-refractivity contribution in [3.05, 3.63) is 53.0 Å². The molecule has 0 aliphatic carbocycles. The van der Waals surface area contributed by atoms with Crippen LogP contribution in [0.1, 0.15) is 48.1 Å². The van der Waals surface area contributed by atoms with Crippen LogP contribution < -0.4 is 4.90 Å². The van der Waals surface area contributed by atoms with Crippen LogP contribution in [-0.2, 0) is 13.1 Å². The van der Waals surface area contributed by atoms with Crippen molar-refractivity contribution in [3.8, 4) is 6.07 Å². The van der Waals surface area contributed by atoms with E-state index in [0.29, 0.717) is 25.2 Å². The minimum atomic E-state index is 0.0130. The Labute approximate surface area is 202 Å². The van der Waals surface area contributed by atoms with Crippen molar-refractivity contribution in [2.45, 2.75) is 33.9 Å². The second kappa shape index (κ2) is 10.1. The summed E-state index contributed by atoms with van der Waals surface area (Å²) in [5.74, 6) is 0.937. The van der Waals surface area contributed by atoms with Gasteiger partial charge < -0.3 is 14.7 Å². The van der Waals surface area contributed by atoms with E-state index in [1.54, 1.807) is 6.20 Å². The first-order valence-electron chi connectivity index (χ1n) is 12.0. The van der Waals surface area contributed by atoms with Crippen LogP contribution in [0, 0.1) is 16.7 Å². The quantitative estimate of drug-likeness (QED) is 0.692. The number of likely N-dealkylation sites (N-methyl/N-ethyl adjacent to an activating group) is 1. The average Bonchev–Trinajstić information content (AvgIpc) is 2.98. The Morgan fingerprint density at radius 1 is 1.06 bits per heavy atom. The molecule has 180 valence electrons. The molecule has 1 amide bonds. The van der Waals surface area contributed by atoms with E-state index in [9.17, 15) is 10.1 Å². The van der Waals surface area contributed by atoms with E-state index in [-0.39, 0.29) is 17.1 Å². The van der Waals surface area contributed by atoms with Crippen LogP contribution >= 0.6 is 0 Å². The molecule has 0 N–H and O–H groups in total. The number of fused-ring (bicyclic) bond motifs is 1. The van der Waals surface area contributed by atoms with Gasteiger partial charge in [0.1, 0.15) is 11.9 Å². The van der Waals surface area contributed by atoms with Crippen LogP contribution in [0.4, 0.5) is 5.82 Å². The highest BCUT2D eigenvalue weighted by atomic mass is 16.2. The number of benzene rings is 1. The number of piperazine rings is 1. The van der Waals surface area contributed by atoms with Gasteiger partial charge in [0.2, 0.25) is 5.82 Å². The number of nitrogens with zero attached hydrogens (tertiary/aromatic N) is 7. The van der Waals surface area contributed by atoms with Crippen LogP contribution in [0.5, 0.6) is 0 Å². The maximum Gasteiger partial charge on any atom is 0.254 e. The Kier molecular flexibility index (Phi) is 7.15. The fourth-order valence-electron chi connectivity index (χ4n) is 4.57. The fourth-order valence-corrected chi connectivity index (χ4v) is 4.57. The topological polar surface area (TPSA) is 79.6 Å². The van der Waals surface area contributed by atoms with Crippen LogP contribution in [0.3, 0.4) is 0 Å². The molecule has 8 nitrogen and oxygen atoms in total. The third kappa shape index (κ3) is 5.91. The van der Waals surface area contributed by atoms with Gasteiger partial charge in [-0.05, 0) is 30.2 Å². The van der Waals surface area contributed by atoms with E-state index in [1.807, 2.05) is 23.1 Å². The lowest BCUT2D eigenvalue weighted by atomic mass is 9.96. The molecular weight excluding hydrogens is 426 g/mol. The summed E-state index contributed by atoms with van der Waals surface area (Å²) in [6.45, 7) is 14.3. The summed E-state index contributed by atoms with van der Waals surface area (Å²) in [5.41, 5.74) is 2.85. The van der Waals surface area contributed by atoms with Gasteiger partial charge in [-0.25, -0.2) is 9.97 Å². The number of nitriles is 1. The summed E-state index contributed by atoms with van der Waals surface area (Å²) in [7, 11) is 2.16. The first-order valence-corrected chi connectivity index (χ1v) is 12.0. The number of amides is 1. The summed E-state index contributed by atoms with van der Waals surface area (Å²) < 4.78 is 0. The maximum absolute atomic E-state index is 13.4. The van der Waals surface area contributed by atoms with Gasteiger partial charge in [0.15, 0.2) is 0 Å². The molecule has 0 radical (unpaired) electrons. The molecule has 4 rings (SSSR count). The Balaban J connectivity index is 1.48. The summed E-state index contributed by atoms with van der Waals surface area (Å²) in [5, 5.41) is 9.29. The largest absolute Gasteiger partial charge is 0.354 e. The minimum Gasteiger partial charge on any atom is -0.354 e. The first kappa shape index (κ1) is 24.1. The first-order chi connectivity index (χ1) is 16.2. The van der Waals surface area contributed by atoms with Crippen LogP contribution in [0.25, 0.3) is 0 Å². The van der Waals surface area contributed by atoms with Crippen molar-refractivity contribution in [1.82, 2.24) is 24.7 Å². The Bertz CT molecular complexity index is 1050. The Hall–Kier alpha value is -3.02. The molecule has 0 saturated carbocycles. The van der Waals surface area contributed by atoms with Gasteiger partial charge in [0.25, 0.3) is 5.91 Å². The number of carbonyl (C=O) groups is 1. The lowest BCUT2D eigenvalue weighted by Crippen LogP contribution is -2.43. The third-order valence-electron chi connectivity index (χ3n) is 6.40. The third-order valence-corrected chi connectivity index (χ3v) is 6.40. The molecule has 1 saturated heterocycles. The molecular formula is C26H35N7O. The molecule has 1 aromatic carbocycles. The number of anilines is 1. The molecule has 2 aliphatic rings. The van der Waals surface area contributed by atoms with Crippen molar-refractivity contribution in [2.24, 2.45) is 5.41 Å².